The molecule has 1 fully saturated rings. The van der Waals surface area contributed by atoms with E-state index in [0.29, 0.717) is 12.8 Å². The van der Waals surface area contributed by atoms with Gasteiger partial charge in [0.05, 0.1) is 0 Å². The Kier molecular flexibility index (Phi) is 3.34. The summed E-state index contributed by atoms with van der Waals surface area (Å²) in [5, 5.41) is 0. The van der Waals surface area contributed by atoms with Crippen LogP contribution in [-0.4, -0.2) is 35.1 Å². The second kappa shape index (κ2) is 4.18. The molecule has 0 bridgehead atoms. The van der Waals surface area contributed by atoms with Crippen LogP contribution in [-0.2, 0) is 9.53 Å². The van der Waals surface area contributed by atoms with Gasteiger partial charge in [0.2, 0.25) is 5.91 Å². The Hall–Kier alpha value is -1.10. The maximum atomic E-state index is 11.6. The SMILES string of the molecule is CC(C)(C)OC(=O)N1C[C@@H](N)CCC1=O. The van der Waals surface area contributed by atoms with Crippen molar-refractivity contribution in [2.24, 2.45) is 5.73 Å². The fourth-order valence-corrected chi connectivity index (χ4v) is 1.36. The first-order valence-corrected chi connectivity index (χ1v) is 5.08. The first-order chi connectivity index (χ1) is 6.79. The topological polar surface area (TPSA) is 72.6 Å². The van der Waals surface area contributed by atoms with Crippen LogP contribution in [0.2, 0.25) is 0 Å². The first-order valence-electron chi connectivity index (χ1n) is 5.08. The van der Waals surface area contributed by atoms with E-state index >= 15 is 0 Å². The minimum Gasteiger partial charge on any atom is -0.443 e. The summed E-state index contributed by atoms with van der Waals surface area (Å²) in [5.41, 5.74) is 5.10. The van der Waals surface area contributed by atoms with Crippen molar-refractivity contribution in [3.8, 4) is 0 Å². The third kappa shape index (κ3) is 3.51. The molecule has 0 spiro atoms. The molecule has 0 saturated carbocycles. The molecular formula is C10H18N2O3. The lowest BCUT2D eigenvalue weighted by atomic mass is 10.1. The Morgan fingerprint density at radius 1 is 1.53 bits per heavy atom. The number of ether oxygens (including phenoxy) is 1. The molecule has 0 aromatic heterocycles. The summed E-state index contributed by atoms with van der Waals surface area (Å²) >= 11 is 0. The molecule has 1 aliphatic rings. The smallest absolute Gasteiger partial charge is 0.417 e. The number of nitrogens with two attached hydrogens (primary N) is 1. The van der Waals surface area contributed by atoms with Gasteiger partial charge in [0.15, 0.2) is 0 Å². The van der Waals surface area contributed by atoms with E-state index in [-0.39, 0.29) is 18.5 Å². The average Bonchev–Trinajstić information content (AvgIpc) is 2.06. The summed E-state index contributed by atoms with van der Waals surface area (Å²) in [4.78, 5) is 24.1. The van der Waals surface area contributed by atoms with Crippen LogP contribution in [0, 0.1) is 0 Å². The second-order valence-corrected chi connectivity index (χ2v) is 4.78. The molecule has 1 atom stereocenters. The average molecular weight is 214 g/mol. The highest BCUT2D eigenvalue weighted by Gasteiger charge is 2.31. The van der Waals surface area contributed by atoms with Gasteiger partial charge in [-0.25, -0.2) is 9.69 Å². The first kappa shape index (κ1) is 12.0. The number of carbonyl (C=O) groups is 2. The quantitative estimate of drug-likeness (QED) is 0.649. The van der Waals surface area contributed by atoms with Crippen LogP contribution in [0.15, 0.2) is 0 Å². The predicted octanol–water partition coefficient (Wildman–Crippen LogP) is 0.871. The highest BCUT2D eigenvalue weighted by atomic mass is 16.6. The van der Waals surface area contributed by atoms with Gasteiger partial charge in [-0.05, 0) is 27.2 Å². The molecule has 1 aliphatic heterocycles. The molecule has 2 amide bonds. The van der Waals surface area contributed by atoms with E-state index in [9.17, 15) is 9.59 Å². The van der Waals surface area contributed by atoms with Crippen molar-refractivity contribution < 1.29 is 14.3 Å². The van der Waals surface area contributed by atoms with Gasteiger partial charge in [-0.1, -0.05) is 0 Å². The highest BCUT2D eigenvalue weighted by Crippen LogP contribution is 2.15. The Bertz CT molecular complexity index is 270. The van der Waals surface area contributed by atoms with Crippen molar-refractivity contribution in [1.82, 2.24) is 4.90 Å². The van der Waals surface area contributed by atoms with Crippen LogP contribution in [0.25, 0.3) is 0 Å². The van der Waals surface area contributed by atoms with Crippen LogP contribution in [0.5, 0.6) is 0 Å². The molecule has 0 aliphatic carbocycles. The van der Waals surface area contributed by atoms with Gasteiger partial charge >= 0.3 is 6.09 Å². The standard InChI is InChI=1S/C10H18N2O3/c1-10(2,3)15-9(14)12-6-7(11)4-5-8(12)13/h7H,4-6,11H2,1-3H3/t7-/m0/s1. The number of rotatable bonds is 0. The number of nitrogens with zero attached hydrogens (tertiary/aromatic N) is 1. The summed E-state index contributed by atoms with van der Waals surface area (Å²) in [6.07, 6.45) is 0.362. The molecule has 5 heteroatoms. The molecule has 0 unspecified atom stereocenters. The van der Waals surface area contributed by atoms with E-state index < -0.39 is 11.7 Å². The number of piperidine rings is 1. The van der Waals surface area contributed by atoms with E-state index in [1.54, 1.807) is 20.8 Å². The Morgan fingerprint density at radius 2 is 2.13 bits per heavy atom. The van der Waals surface area contributed by atoms with Gasteiger partial charge in [-0.2, -0.15) is 0 Å². The van der Waals surface area contributed by atoms with Crippen LogP contribution >= 0.6 is 0 Å². The van der Waals surface area contributed by atoms with Gasteiger partial charge in [-0.3, -0.25) is 4.79 Å². The Balaban J connectivity index is 2.61. The molecular weight excluding hydrogens is 196 g/mol. The van der Waals surface area contributed by atoms with Gasteiger partial charge in [-0.15, -0.1) is 0 Å². The molecule has 0 radical (unpaired) electrons. The minimum absolute atomic E-state index is 0.129. The van der Waals surface area contributed by atoms with Crippen molar-refractivity contribution in [1.29, 1.82) is 0 Å². The van der Waals surface area contributed by atoms with Gasteiger partial charge < -0.3 is 10.5 Å². The molecule has 1 heterocycles. The summed E-state index contributed by atoms with van der Waals surface area (Å²) in [7, 11) is 0. The van der Waals surface area contributed by atoms with Crippen LogP contribution in [0.3, 0.4) is 0 Å². The lowest BCUT2D eigenvalue weighted by molar-refractivity contribution is -0.132. The Labute approximate surface area is 89.6 Å². The van der Waals surface area contributed by atoms with Crippen molar-refractivity contribution in [3.63, 3.8) is 0 Å². The summed E-state index contributed by atoms with van der Waals surface area (Å²) < 4.78 is 5.11. The zero-order valence-corrected chi connectivity index (χ0v) is 9.45. The molecule has 5 nitrogen and oxygen atoms in total. The van der Waals surface area contributed by atoms with Crippen LogP contribution in [0.4, 0.5) is 4.79 Å². The molecule has 1 saturated heterocycles. The maximum absolute atomic E-state index is 11.6. The molecule has 0 aromatic rings. The van der Waals surface area contributed by atoms with Crippen LogP contribution < -0.4 is 5.73 Å². The number of hydrogen-bond donors (Lipinski definition) is 1. The summed E-state index contributed by atoms with van der Waals surface area (Å²) in [6, 6.07) is -0.129. The number of amides is 2. The zero-order chi connectivity index (χ0) is 11.6. The Morgan fingerprint density at radius 3 is 2.67 bits per heavy atom. The molecule has 1 rings (SSSR count). The lowest BCUT2D eigenvalue weighted by Crippen LogP contribution is -2.50. The fraction of sp³-hybridized carbons (Fsp3) is 0.800. The van der Waals surface area contributed by atoms with Gasteiger partial charge in [0, 0.05) is 19.0 Å². The summed E-state index contributed by atoms with van der Waals surface area (Å²) in [6.45, 7) is 5.55. The normalized spacial score (nSPS) is 22.8. The van der Waals surface area contributed by atoms with E-state index in [0.717, 1.165) is 4.90 Å². The highest BCUT2D eigenvalue weighted by molar-refractivity contribution is 5.92. The predicted molar refractivity (Wildman–Crippen MR) is 55.2 cm³/mol. The van der Waals surface area contributed by atoms with Gasteiger partial charge in [0.25, 0.3) is 0 Å². The lowest BCUT2D eigenvalue weighted by Gasteiger charge is -2.31. The van der Waals surface area contributed by atoms with Crippen molar-refractivity contribution >= 4 is 12.0 Å². The largest absolute Gasteiger partial charge is 0.443 e. The number of likely N-dealkylation sites (tertiary alicyclic amines) is 1. The van der Waals surface area contributed by atoms with E-state index in [4.69, 9.17) is 10.5 Å². The van der Waals surface area contributed by atoms with E-state index in [1.807, 2.05) is 0 Å². The van der Waals surface area contributed by atoms with Crippen molar-refractivity contribution in [2.75, 3.05) is 6.54 Å². The number of hydrogen-bond acceptors (Lipinski definition) is 4. The molecule has 2 N–H and O–H groups in total. The molecule has 86 valence electrons. The third-order valence-corrected chi connectivity index (χ3v) is 2.06. The number of carbonyl (C=O) groups excluding carboxylic acids is 2. The second-order valence-electron chi connectivity index (χ2n) is 4.78. The fourth-order valence-electron chi connectivity index (χ4n) is 1.36. The molecule has 0 aromatic carbocycles. The zero-order valence-electron chi connectivity index (χ0n) is 9.45. The van der Waals surface area contributed by atoms with E-state index in [1.165, 1.54) is 0 Å². The monoisotopic (exact) mass is 214 g/mol. The van der Waals surface area contributed by atoms with Crippen molar-refractivity contribution in [3.05, 3.63) is 0 Å². The summed E-state index contributed by atoms with van der Waals surface area (Å²) in [5.74, 6) is -0.203. The van der Waals surface area contributed by atoms with E-state index in [2.05, 4.69) is 0 Å². The van der Waals surface area contributed by atoms with Crippen LogP contribution in [0.1, 0.15) is 33.6 Å². The molecule has 15 heavy (non-hydrogen) atoms. The van der Waals surface area contributed by atoms with Gasteiger partial charge in [0.1, 0.15) is 5.60 Å². The third-order valence-electron chi connectivity index (χ3n) is 2.06. The number of imide groups is 1. The minimum atomic E-state index is -0.595. The van der Waals surface area contributed by atoms with Crippen molar-refractivity contribution in [2.45, 2.75) is 45.3 Å². The maximum Gasteiger partial charge on any atom is 0.417 e.